The largest absolute Gasteiger partial charge is 0.311 e. The maximum Gasteiger partial charge on any atom is 0.267 e. The van der Waals surface area contributed by atoms with Gasteiger partial charge in [0.05, 0.1) is 5.69 Å². The number of rotatable bonds is 4. The van der Waals surface area contributed by atoms with Crippen molar-refractivity contribution < 1.29 is 4.79 Å². The van der Waals surface area contributed by atoms with E-state index in [9.17, 15) is 9.59 Å². The monoisotopic (exact) mass is 271 g/mol. The number of aryl methyl sites for hydroxylation is 1. The Morgan fingerprint density at radius 1 is 1.20 bits per heavy atom. The molecule has 0 atom stereocenters. The van der Waals surface area contributed by atoms with Crippen molar-refractivity contribution in [3.8, 4) is 0 Å². The Kier molecular flexibility index (Phi) is 4.30. The van der Waals surface area contributed by atoms with Crippen LogP contribution in [0.1, 0.15) is 12.6 Å². The van der Waals surface area contributed by atoms with E-state index in [0.717, 1.165) is 5.69 Å². The molecule has 0 saturated heterocycles. The van der Waals surface area contributed by atoms with Crippen molar-refractivity contribution in [1.82, 2.24) is 9.78 Å². The molecule has 0 N–H and O–H groups in total. The third kappa shape index (κ3) is 3.12. The van der Waals surface area contributed by atoms with E-state index in [1.54, 1.807) is 17.9 Å². The second-order valence-electron chi connectivity index (χ2n) is 4.44. The van der Waals surface area contributed by atoms with Gasteiger partial charge in [0.15, 0.2) is 0 Å². The van der Waals surface area contributed by atoms with E-state index in [2.05, 4.69) is 5.10 Å². The third-order valence-corrected chi connectivity index (χ3v) is 2.97. The highest BCUT2D eigenvalue weighted by molar-refractivity contribution is 5.93. The number of amides is 1. The van der Waals surface area contributed by atoms with Crippen molar-refractivity contribution in [3.63, 3.8) is 0 Å². The number of carbonyl (C=O) groups is 1. The fourth-order valence-electron chi connectivity index (χ4n) is 1.99. The number of hydrogen-bond acceptors (Lipinski definition) is 3. The number of carbonyl (C=O) groups excluding carboxylic acids is 1. The van der Waals surface area contributed by atoms with Crippen LogP contribution in [0.25, 0.3) is 0 Å². The summed E-state index contributed by atoms with van der Waals surface area (Å²) in [5.74, 6) is -0.154. The average molecular weight is 271 g/mol. The van der Waals surface area contributed by atoms with Crippen molar-refractivity contribution >= 4 is 11.6 Å². The zero-order valence-electron chi connectivity index (χ0n) is 11.6. The van der Waals surface area contributed by atoms with Crippen LogP contribution in [0.4, 0.5) is 5.69 Å². The normalized spacial score (nSPS) is 10.3. The summed E-state index contributed by atoms with van der Waals surface area (Å²) >= 11 is 0. The summed E-state index contributed by atoms with van der Waals surface area (Å²) in [6, 6.07) is 12.5. The Hall–Kier alpha value is -2.43. The van der Waals surface area contributed by atoms with Crippen LogP contribution < -0.4 is 10.5 Å². The minimum atomic E-state index is -0.270. The van der Waals surface area contributed by atoms with Crippen LogP contribution in [-0.4, -0.2) is 22.2 Å². The van der Waals surface area contributed by atoms with Crippen LogP contribution in [0.3, 0.4) is 0 Å². The molecule has 2 aromatic rings. The summed E-state index contributed by atoms with van der Waals surface area (Å²) in [6.45, 7) is 4.18. The van der Waals surface area contributed by atoms with Crippen molar-refractivity contribution in [2.45, 2.75) is 20.4 Å². The molecule has 5 heteroatoms. The van der Waals surface area contributed by atoms with Crippen LogP contribution in [0, 0.1) is 6.92 Å². The van der Waals surface area contributed by atoms with E-state index in [1.807, 2.05) is 37.3 Å². The van der Waals surface area contributed by atoms with Gasteiger partial charge in [-0.1, -0.05) is 18.2 Å². The quantitative estimate of drug-likeness (QED) is 0.848. The number of benzene rings is 1. The molecule has 2 rings (SSSR count). The molecular formula is C15H17N3O2. The van der Waals surface area contributed by atoms with Gasteiger partial charge in [-0.25, -0.2) is 4.68 Å². The molecule has 5 nitrogen and oxygen atoms in total. The molecule has 0 spiro atoms. The standard InChI is InChI=1S/C15H17N3O2/c1-3-17(13-7-5-4-6-8-13)15(20)11-18-14(19)10-9-12(2)16-18/h4-10H,3,11H2,1-2H3. The topological polar surface area (TPSA) is 55.2 Å². The van der Waals surface area contributed by atoms with Crippen LogP contribution in [0.2, 0.25) is 0 Å². The zero-order chi connectivity index (χ0) is 14.5. The Morgan fingerprint density at radius 2 is 1.90 bits per heavy atom. The van der Waals surface area contributed by atoms with E-state index in [1.165, 1.54) is 10.7 Å². The molecule has 0 saturated carbocycles. The molecule has 1 aromatic carbocycles. The first-order valence-corrected chi connectivity index (χ1v) is 6.52. The highest BCUT2D eigenvalue weighted by Gasteiger charge is 2.15. The summed E-state index contributed by atoms with van der Waals surface area (Å²) in [5.41, 5.74) is 1.26. The van der Waals surface area contributed by atoms with Crippen molar-refractivity contribution in [2.24, 2.45) is 0 Å². The molecule has 1 heterocycles. The lowest BCUT2D eigenvalue weighted by molar-refractivity contribution is -0.119. The molecule has 0 aliphatic carbocycles. The molecule has 0 aliphatic heterocycles. The lowest BCUT2D eigenvalue weighted by Gasteiger charge is -2.21. The average Bonchev–Trinajstić information content (AvgIpc) is 2.45. The van der Waals surface area contributed by atoms with Gasteiger partial charge in [-0.2, -0.15) is 5.10 Å². The van der Waals surface area contributed by atoms with E-state index in [0.29, 0.717) is 12.2 Å². The van der Waals surface area contributed by atoms with Crippen LogP contribution in [0.5, 0.6) is 0 Å². The van der Waals surface area contributed by atoms with Crippen LogP contribution in [0.15, 0.2) is 47.3 Å². The van der Waals surface area contributed by atoms with Gasteiger partial charge in [-0.3, -0.25) is 9.59 Å². The van der Waals surface area contributed by atoms with E-state index >= 15 is 0 Å². The molecule has 0 unspecified atom stereocenters. The van der Waals surface area contributed by atoms with Crippen LogP contribution in [-0.2, 0) is 11.3 Å². The molecule has 0 aliphatic rings. The molecule has 1 aromatic heterocycles. The van der Waals surface area contributed by atoms with Gasteiger partial charge in [0.2, 0.25) is 5.91 Å². The number of hydrogen-bond donors (Lipinski definition) is 0. The van der Waals surface area contributed by atoms with E-state index < -0.39 is 0 Å². The van der Waals surface area contributed by atoms with Crippen molar-refractivity contribution in [3.05, 3.63) is 58.5 Å². The summed E-state index contributed by atoms with van der Waals surface area (Å²) in [5, 5.41) is 4.08. The second kappa shape index (κ2) is 6.14. The Labute approximate surface area is 117 Å². The molecule has 20 heavy (non-hydrogen) atoms. The predicted molar refractivity (Wildman–Crippen MR) is 77.7 cm³/mol. The molecule has 1 amide bonds. The fraction of sp³-hybridized carbons (Fsp3) is 0.267. The summed E-state index contributed by atoms with van der Waals surface area (Å²) in [4.78, 5) is 25.7. The Bertz CT molecular complexity index is 650. The third-order valence-electron chi connectivity index (χ3n) is 2.97. The van der Waals surface area contributed by atoms with Gasteiger partial charge in [0.1, 0.15) is 6.54 Å². The fourth-order valence-corrected chi connectivity index (χ4v) is 1.99. The minimum absolute atomic E-state index is 0.0523. The van der Waals surface area contributed by atoms with Gasteiger partial charge in [-0.15, -0.1) is 0 Å². The predicted octanol–water partition coefficient (Wildman–Crippen LogP) is 1.60. The van der Waals surface area contributed by atoms with Crippen molar-refractivity contribution in [1.29, 1.82) is 0 Å². The lowest BCUT2D eigenvalue weighted by Crippen LogP contribution is -2.37. The van der Waals surface area contributed by atoms with Crippen LogP contribution >= 0.6 is 0 Å². The maximum absolute atomic E-state index is 12.3. The molecular weight excluding hydrogens is 254 g/mol. The Balaban J connectivity index is 2.22. The highest BCUT2D eigenvalue weighted by Crippen LogP contribution is 2.13. The number of likely N-dealkylation sites (N-methyl/N-ethyl adjacent to an activating group) is 1. The minimum Gasteiger partial charge on any atom is -0.311 e. The highest BCUT2D eigenvalue weighted by atomic mass is 16.2. The van der Waals surface area contributed by atoms with E-state index in [-0.39, 0.29) is 18.0 Å². The summed E-state index contributed by atoms with van der Waals surface area (Å²) in [6.07, 6.45) is 0. The number of aromatic nitrogens is 2. The van der Waals surface area contributed by atoms with Gasteiger partial charge in [-0.05, 0) is 32.0 Å². The smallest absolute Gasteiger partial charge is 0.267 e. The second-order valence-corrected chi connectivity index (χ2v) is 4.44. The first-order valence-electron chi connectivity index (χ1n) is 6.52. The Morgan fingerprint density at radius 3 is 2.55 bits per heavy atom. The zero-order valence-corrected chi connectivity index (χ0v) is 11.6. The summed E-state index contributed by atoms with van der Waals surface area (Å²) in [7, 11) is 0. The maximum atomic E-state index is 12.3. The van der Waals surface area contributed by atoms with Crippen molar-refractivity contribution in [2.75, 3.05) is 11.4 Å². The number of anilines is 1. The molecule has 0 fully saturated rings. The number of para-hydroxylation sites is 1. The molecule has 0 bridgehead atoms. The molecule has 104 valence electrons. The SMILES string of the molecule is CCN(C(=O)Cn1nc(C)ccc1=O)c1ccccc1. The first kappa shape index (κ1) is 14.0. The van der Waals surface area contributed by atoms with Gasteiger partial charge >= 0.3 is 0 Å². The summed E-state index contributed by atoms with van der Waals surface area (Å²) < 4.78 is 1.20. The first-order chi connectivity index (χ1) is 9.61. The number of nitrogens with zero attached hydrogens (tertiary/aromatic N) is 3. The molecule has 0 radical (unpaired) electrons. The van der Waals surface area contributed by atoms with Gasteiger partial charge < -0.3 is 4.90 Å². The van der Waals surface area contributed by atoms with Gasteiger partial charge in [0, 0.05) is 18.3 Å². The van der Waals surface area contributed by atoms with E-state index in [4.69, 9.17) is 0 Å². The lowest BCUT2D eigenvalue weighted by atomic mass is 10.3. The van der Waals surface area contributed by atoms with Gasteiger partial charge in [0.25, 0.3) is 5.56 Å².